The quantitative estimate of drug-likeness (QED) is 0.866. The Morgan fingerprint density at radius 2 is 2.20 bits per heavy atom. The molecule has 4 heteroatoms. The minimum atomic E-state index is -0.840. The average Bonchev–Trinajstić information content (AvgIpc) is 2.43. The number of hydrogen-bond acceptors (Lipinski definition) is 2. The van der Waals surface area contributed by atoms with Crippen molar-refractivity contribution >= 4 is 18.0 Å². The van der Waals surface area contributed by atoms with Gasteiger partial charge in [0.25, 0.3) is 5.91 Å². The van der Waals surface area contributed by atoms with Crippen LogP contribution in [0.25, 0.3) is 6.08 Å². The molecule has 0 fully saturated rings. The molecule has 0 aromatic heterocycles. The van der Waals surface area contributed by atoms with Crippen LogP contribution in [-0.4, -0.2) is 23.5 Å². The zero-order valence-electron chi connectivity index (χ0n) is 11.6. The molecule has 1 aromatic rings. The second kappa shape index (κ2) is 6.37. The normalized spacial score (nSPS) is 14.4. The number of carbonyl (C=O) groups excluding carboxylic acids is 1. The predicted molar refractivity (Wildman–Crippen MR) is 77.5 cm³/mol. The minimum absolute atomic E-state index is 0.0647. The van der Waals surface area contributed by atoms with E-state index in [9.17, 15) is 9.59 Å². The van der Waals surface area contributed by atoms with Gasteiger partial charge in [-0.2, -0.15) is 0 Å². The van der Waals surface area contributed by atoms with Crippen molar-refractivity contribution < 1.29 is 14.7 Å². The Kier molecular flexibility index (Phi) is 4.56. The monoisotopic (exact) mass is 273 g/mol. The maximum Gasteiger partial charge on any atom is 0.303 e. The first-order valence-corrected chi connectivity index (χ1v) is 6.85. The summed E-state index contributed by atoms with van der Waals surface area (Å²) in [7, 11) is 0. The van der Waals surface area contributed by atoms with Gasteiger partial charge in [-0.3, -0.25) is 9.59 Å². The van der Waals surface area contributed by atoms with E-state index < -0.39 is 5.97 Å². The van der Waals surface area contributed by atoms with Crippen molar-refractivity contribution in [2.24, 2.45) is 5.92 Å². The van der Waals surface area contributed by atoms with Gasteiger partial charge in [-0.05, 0) is 42.0 Å². The molecular formula is C16H19NO3. The number of aryl methyl sites for hydroxylation is 1. The fourth-order valence-corrected chi connectivity index (χ4v) is 2.31. The molecule has 0 radical (unpaired) electrons. The number of fused-ring (bicyclic) bond motifs is 1. The van der Waals surface area contributed by atoms with Gasteiger partial charge < -0.3 is 10.4 Å². The first kappa shape index (κ1) is 14.3. The highest BCUT2D eigenvalue weighted by Gasteiger charge is 2.12. The number of hydrogen-bond donors (Lipinski definition) is 2. The van der Waals surface area contributed by atoms with E-state index in [4.69, 9.17) is 5.11 Å². The Hall–Kier alpha value is -2.10. The molecule has 0 bridgehead atoms. The van der Waals surface area contributed by atoms with E-state index in [2.05, 4.69) is 17.5 Å². The van der Waals surface area contributed by atoms with Crippen molar-refractivity contribution in [1.29, 1.82) is 0 Å². The first-order valence-electron chi connectivity index (χ1n) is 6.85. The summed E-state index contributed by atoms with van der Waals surface area (Å²) >= 11 is 0. The molecule has 0 saturated carbocycles. The lowest BCUT2D eigenvalue weighted by molar-refractivity contribution is -0.137. The lowest BCUT2D eigenvalue weighted by Crippen LogP contribution is -2.29. The van der Waals surface area contributed by atoms with Crippen molar-refractivity contribution in [3.8, 4) is 0 Å². The molecule has 1 aliphatic carbocycles. The molecule has 1 aromatic carbocycles. The van der Waals surface area contributed by atoms with Crippen molar-refractivity contribution in [3.63, 3.8) is 0 Å². The minimum Gasteiger partial charge on any atom is -0.481 e. The molecule has 0 heterocycles. The summed E-state index contributed by atoms with van der Waals surface area (Å²) in [6, 6.07) is 5.70. The lowest BCUT2D eigenvalue weighted by atomic mass is 9.95. The second-order valence-electron chi connectivity index (χ2n) is 5.27. The van der Waals surface area contributed by atoms with Gasteiger partial charge in [0.1, 0.15) is 0 Å². The summed E-state index contributed by atoms with van der Waals surface area (Å²) in [6.07, 6.45) is 6.25. The van der Waals surface area contributed by atoms with Gasteiger partial charge >= 0.3 is 5.97 Å². The summed E-state index contributed by atoms with van der Waals surface area (Å²) < 4.78 is 0. The molecule has 0 spiro atoms. The van der Waals surface area contributed by atoms with Crippen molar-refractivity contribution in [2.75, 3.05) is 6.54 Å². The molecule has 0 aliphatic heterocycles. The summed E-state index contributed by atoms with van der Waals surface area (Å²) in [5.41, 5.74) is 3.01. The number of rotatable bonds is 5. The van der Waals surface area contributed by atoms with Crippen LogP contribution < -0.4 is 5.32 Å². The fraction of sp³-hybridized carbons (Fsp3) is 0.375. The molecule has 1 amide bonds. The molecule has 2 N–H and O–H groups in total. The van der Waals surface area contributed by atoms with Gasteiger partial charge in [-0.15, -0.1) is 0 Å². The zero-order chi connectivity index (χ0) is 14.5. The topological polar surface area (TPSA) is 66.4 Å². The smallest absolute Gasteiger partial charge is 0.303 e. The third kappa shape index (κ3) is 3.70. The van der Waals surface area contributed by atoms with Crippen LogP contribution >= 0.6 is 0 Å². The lowest BCUT2D eigenvalue weighted by Gasteiger charge is -2.13. The number of carboxylic acid groups (broad SMARTS) is 1. The Balaban J connectivity index is 1.96. The third-order valence-electron chi connectivity index (χ3n) is 3.42. The number of benzene rings is 1. The highest BCUT2D eigenvalue weighted by Crippen LogP contribution is 2.20. The maximum absolute atomic E-state index is 12.0. The molecule has 20 heavy (non-hydrogen) atoms. The summed E-state index contributed by atoms with van der Waals surface area (Å²) in [5.74, 6) is -1.05. The number of nitrogens with one attached hydrogen (secondary N) is 1. The van der Waals surface area contributed by atoms with E-state index >= 15 is 0 Å². The second-order valence-corrected chi connectivity index (χ2v) is 5.27. The zero-order valence-corrected chi connectivity index (χ0v) is 11.6. The van der Waals surface area contributed by atoms with Gasteiger partial charge in [0.2, 0.25) is 0 Å². The van der Waals surface area contributed by atoms with Crippen LogP contribution in [0.2, 0.25) is 0 Å². The van der Waals surface area contributed by atoms with Gasteiger partial charge in [0.05, 0.1) is 0 Å². The third-order valence-corrected chi connectivity index (χ3v) is 3.42. The van der Waals surface area contributed by atoms with Crippen LogP contribution in [0, 0.1) is 5.92 Å². The van der Waals surface area contributed by atoms with Gasteiger partial charge in [0, 0.05) is 18.5 Å². The van der Waals surface area contributed by atoms with Crippen LogP contribution in [-0.2, 0) is 11.2 Å². The summed E-state index contributed by atoms with van der Waals surface area (Å²) in [4.78, 5) is 22.6. The number of allylic oxidation sites excluding steroid dienone is 1. The van der Waals surface area contributed by atoms with E-state index in [-0.39, 0.29) is 18.2 Å². The number of aliphatic carboxylic acids is 1. The SMILES string of the molecule is CC(CNC(=O)c1ccc2c(c1)CCC=C2)CC(=O)O. The molecular weight excluding hydrogens is 254 g/mol. The summed E-state index contributed by atoms with van der Waals surface area (Å²) in [5, 5.41) is 11.5. The molecule has 1 unspecified atom stereocenters. The number of amides is 1. The van der Waals surface area contributed by atoms with Gasteiger partial charge in [-0.1, -0.05) is 25.1 Å². The largest absolute Gasteiger partial charge is 0.481 e. The van der Waals surface area contributed by atoms with Crippen LogP contribution in [0.4, 0.5) is 0 Å². The Labute approximate surface area is 118 Å². The molecule has 1 atom stereocenters. The molecule has 0 saturated heterocycles. The Bertz CT molecular complexity index is 549. The van der Waals surface area contributed by atoms with Crippen molar-refractivity contribution in [3.05, 3.63) is 41.0 Å². The van der Waals surface area contributed by atoms with Crippen LogP contribution in [0.3, 0.4) is 0 Å². The number of carboxylic acids is 1. The predicted octanol–water partition coefficient (Wildman–Crippen LogP) is 2.49. The standard InChI is InChI=1S/C16H19NO3/c1-11(8-15(18)19)10-17-16(20)14-7-6-12-4-2-3-5-13(12)9-14/h2,4,6-7,9,11H,3,5,8,10H2,1H3,(H,17,20)(H,18,19). The van der Waals surface area contributed by atoms with Crippen LogP contribution in [0.5, 0.6) is 0 Å². The highest BCUT2D eigenvalue weighted by atomic mass is 16.4. The first-order chi connectivity index (χ1) is 9.56. The molecule has 4 nitrogen and oxygen atoms in total. The van der Waals surface area contributed by atoms with Crippen molar-refractivity contribution in [2.45, 2.75) is 26.2 Å². The number of carbonyl (C=O) groups is 2. The van der Waals surface area contributed by atoms with E-state index in [1.54, 1.807) is 0 Å². The van der Waals surface area contributed by atoms with Gasteiger partial charge in [0.15, 0.2) is 0 Å². The average molecular weight is 273 g/mol. The Morgan fingerprint density at radius 3 is 2.95 bits per heavy atom. The fourth-order valence-electron chi connectivity index (χ4n) is 2.31. The highest BCUT2D eigenvalue weighted by molar-refractivity contribution is 5.94. The Morgan fingerprint density at radius 1 is 1.40 bits per heavy atom. The van der Waals surface area contributed by atoms with E-state index in [1.807, 2.05) is 25.1 Å². The van der Waals surface area contributed by atoms with Crippen LogP contribution in [0.15, 0.2) is 24.3 Å². The van der Waals surface area contributed by atoms with E-state index in [0.29, 0.717) is 12.1 Å². The maximum atomic E-state index is 12.0. The van der Waals surface area contributed by atoms with E-state index in [0.717, 1.165) is 12.8 Å². The molecule has 106 valence electrons. The molecule has 1 aliphatic rings. The summed E-state index contributed by atoms with van der Waals surface area (Å²) in [6.45, 7) is 2.19. The van der Waals surface area contributed by atoms with Gasteiger partial charge in [-0.25, -0.2) is 0 Å². The van der Waals surface area contributed by atoms with Crippen LogP contribution in [0.1, 0.15) is 41.3 Å². The van der Waals surface area contributed by atoms with E-state index in [1.165, 1.54) is 11.1 Å². The molecule has 2 rings (SSSR count). The van der Waals surface area contributed by atoms with Crippen molar-refractivity contribution in [1.82, 2.24) is 5.32 Å².